The van der Waals surface area contributed by atoms with Crippen LogP contribution in [0.3, 0.4) is 0 Å². The minimum Gasteiger partial charge on any atom is -0.490 e. The number of hydrogen-bond donors (Lipinski definition) is 1. The molecular formula is C27H38N2O4. The summed E-state index contributed by atoms with van der Waals surface area (Å²) in [4.78, 5) is 28.7. The number of fused-ring (bicyclic) bond motifs is 1. The lowest BCUT2D eigenvalue weighted by atomic mass is 9.72. The van der Waals surface area contributed by atoms with Crippen molar-refractivity contribution in [3.05, 3.63) is 36.0 Å². The summed E-state index contributed by atoms with van der Waals surface area (Å²) >= 11 is 0. The number of hydrogen-bond acceptors (Lipinski definition) is 5. The number of nitrogens with zero attached hydrogens (tertiary/aromatic N) is 1. The maximum absolute atomic E-state index is 12.4. The van der Waals surface area contributed by atoms with Gasteiger partial charge in [0.2, 0.25) is 0 Å². The van der Waals surface area contributed by atoms with Crippen molar-refractivity contribution in [1.29, 1.82) is 0 Å². The zero-order chi connectivity index (χ0) is 24.2. The number of benzene rings is 1. The van der Waals surface area contributed by atoms with Gasteiger partial charge in [0.05, 0.1) is 18.0 Å². The number of amides is 1. The van der Waals surface area contributed by atoms with Crippen LogP contribution >= 0.6 is 0 Å². The molecule has 6 nitrogen and oxygen atoms in total. The third kappa shape index (κ3) is 7.44. The number of esters is 1. The average molecular weight is 455 g/mol. The summed E-state index contributed by atoms with van der Waals surface area (Å²) in [5, 5.41) is 3.66. The fraction of sp³-hybridized carbons (Fsp3) is 0.593. The maximum Gasteiger partial charge on any atom is 0.308 e. The minimum atomic E-state index is -0.532. The molecule has 0 unspecified atom stereocenters. The highest BCUT2D eigenvalue weighted by atomic mass is 16.6. The normalized spacial score (nSPS) is 19.2. The van der Waals surface area contributed by atoms with E-state index in [0.717, 1.165) is 35.4 Å². The van der Waals surface area contributed by atoms with Gasteiger partial charge >= 0.3 is 5.97 Å². The lowest BCUT2D eigenvalue weighted by Crippen LogP contribution is -2.30. The molecule has 1 fully saturated rings. The van der Waals surface area contributed by atoms with Crippen LogP contribution in [0, 0.1) is 11.3 Å². The van der Waals surface area contributed by atoms with E-state index in [1.165, 1.54) is 12.8 Å². The van der Waals surface area contributed by atoms with E-state index in [1.807, 2.05) is 45.0 Å². The summed E-state index contributed by atoms with van der Waals surface area (Å²) in [6.07, 6.45) is 4.95. The van der Waals surface area contributed by atoms with Crippen LogP contribution in [0.2, 0.25) is 0 Å². The molecule has 0 spiro atoms. The topological polar surface area (TPSA) is 77.5 Å². The Balaban J connectivity index is 1.54. The Morgan fingerprint density at radius 3 is 2.33 bits per heavy atom. The molecule has 0 aliphatic heterocycles. The number of pyridine rings is 1. The zero-order valence-corrected chi connectivity index (χ0v) is 20.9. The van der Waals surface area contributed by atoms with Gasteiger partial charge in [0, 0.05) is 11.9 Å². The summed E-state index contributed by atoms with van der Waals surface area (Å²) in [6, 6.07) is 9.39. The molecule has 0 radical (unpaired) electrons. The molecule has 0 saturated heterocycles. The highest BCUT2D eigenvalue weighted by Crippen LogP contribution is 2.38. The number of aromatic nitrogens is 1. The molecule has 1 aromatic heterocycles. The van der Waals surface area contributed by atoms with E-state index in [4.69, 9.17) is 9.47 Å². The highest BCUT2D eigenvalue weighted by molar-refractivity contribution is 5.95. The predicted molar refractivity (Wildman–Crippen MR) is 130 cm³/mol. The van der Waals surface area contributed by atoms with Crippen molar-refractivity contribution in [3.8, 4) is 5.75 Å². The molecule has 33 heavy (non-hydrogen) atoms. The summed E-state index contributed by atoms with van der Waals surface area (Å²) in [5.74, 6) is 0.954. The highest BCUT2D eigenvalue weighted by Gasteiger charge is 2.30. The van der Waals surface area contributed by atoms with Gasteiger partial charge in [0.15, 0.2) is 0 Å². The largest absolute Gasteiger partial charge is 0.490 e. The van der Waals surface area contributed by atoms with E-state index in [-0.39, 0.29) is 30.9 Å². The van der Waals surface area contributed by atoms with E-state index in [0.29, 0.717) is 11.1 Å². The van der Waals surface area contributed by atoms with Crippen molar-refractivity contribution in [3.63, 3.8) is 0 Å². The second kappa shape index (κ2) is 10.1. The molecule has 6 heteroatoms. The van der Waals surface area contributed by atoms with Crippen molar-refractivity contribution >= 4 is 22.8 Å². The monoisotopic (exact) mass is 454 g/mol. The van der Waals surface area contributed by atoms with Gasteiger partial charge in [-0.2, -0.15) is 0 Å². The molecule has 1 saturated carbocycles. The molecule has 180 valence electrons. The van der Waals surface area contributed by atoms with E-state index in [9.17, 15) is 9.59 Å². The van der Waals surface area contributed by atoms with Gasteiger partial charge in [-0.3, -0.25) is 9.59 Å². The Bertz CT molecular complexity index is 980. The van der Waals surface area contributed by atoms with E-state index < -0.39 is 5.60 Å². The molecule has 1 aliphatic rings. The van der Waals surface area contributed by atoms with Gasteiger partial charge in [-0.25, -0.2) is 4.98 Å². The SMILES string of the molecule is CC(C)(C)OC(=O)CCNC(=O)c1ccc2cc(OC3CCC(C(C)(C)C)CC3)ccc2n1. The van der Waals surface area contributed by atoms with E-state index in [1.54, 1.807) is 6.07 Å². The van der Waals surface area contributed by atoms with Gasteiger partial charge in [0.1, 0.15) is 17.0 Å². The Hall–Kier alpha value is -2.63. The van der Waals surface area contributed by atoms with Crippen molar-refractivity contribution in [1.82, 2.24) is 10.3 Å². The Labute approximate surface area is 197 Å². The quantitative estimate of drug-likeness (QED) is 0.568. The van der Waals surface area contributed by atoms with Crippen LogP contribution < -0.4 is 10.1 Å². The molecule has 1 N–H and O–H groups in total. The number of nitrogens with one attached hydrogen (secondary N) is 1. The van der Waals surface area contributed by atoms with Gasteiger partial charge < -0.3 is 14.8 Å². The second-order valence-corrected chi connectivity index (χ2v) is 11.1. The van der Waals surface area contributed by atoms with Crippen LogP contribution in [0.1, 0.15) is 84.1 Å². The molecule has 0 atom stereocenters. The molecule has 1 amide bonds. The van der Waals surface area contributed by atoms with Crippen LogP contribution in [0.5, 0.6) is 5.75 Å². The number of rotatable bonds is 6. The van der Waals surface area contributed by atoms with Crippen LogP contribution in [0.4, 0.5) is 0 Å². The molecule has 1 aromatic carbocycles. The predicted octanol–water partition coefficient (Wildman–Crippen LogP) is 5.68. The van der Waals surface area contributed by atoms with Gasteiger partial charge in [0.25, 0.3) is 5.91 Å². The van der Waals surface area contributed by atoms with Crippen LogP contribution in [-0.4, -0.2) is 35.1 Å². The van der Waals surface area contributed by atoms with E-state index >= 15 is 0 Å². The second-order valence-electron chi connectivity index (χ2n) is 11.1. The number of carbonyl (C=O) groups is 2. The van der Waals surface area contributed by atoms with Gasteiger partial charge in [-0.15, -0.1) is 0 Å². The summed E-state index contributed by atoms with van der Waals surface area (Å²) in [5.41, 5.74) is 0.883. The van der Waals surface area contributed by atoms with Crippen molar-refractivity contribution < 1.29 is 19.1 Å². The molecular weight excluding hydrogens is 416 g/mol. The first-order valence-electron chi connectivity index (χ1n) is 12.0. The zero-order valence-electron chi connectivity index (χ0n) is 20.9. The Morgan fingerprint density at radius 1 is 1.00 bits per heavy atom. The third-order valence-electron chi connectivity index (χ3n) is 6.13. The first-order chi connectivity index (χ1) is 15.4. The van der Waals surface area contributed by atoms with Crippen LogP contribution in [0.25, 0.3) is 10.9 Å². The summed E-state index contributed by atoms with van der Waals surface area (Å²) in [7, 11) is 0. The fourth-order valence-corrected chi connectivity index (χ4v) is 4.30. The first kappa shape index (κ1) is 25.0. The van der Waals surface area contributed by atoms with Crippen molar-refractivity contribution in [2.75, 3.05) is 6.54 Å². The minimum absolute atomic E-state index is 0.120. The first-order valence-corrected chi connectivity index (χ1v) is 12.0. The van der Waals surface area contributed by atoms with Crippen molar-refractivity contribution in [2.45, 2.75) is 85.4 Å². The number of carbonyl (C=O) groups excluding carboxylic acids is 2. The molecule has 2 aromatic rings. The lowest BCUT2D eigenvalue weighted by molar-refractivity contribution is -0.154. The summed E-state index contributed by atoms with van der Waals surface area (Å²) < 4.78 is 11.5. The smallest absolute Gasteiger partial charge is 0.308 e. The standard InChI is InChI=1S/C27H38N2O4/c1-26(2,3)19-8-10-20(11-9-19)32-21-12-14-22-18(17-21)7-13-23(29-22)25(31)28-16-15-24(30)33-27(4,5)6/h7,12-14,17,19-20H,8-11,15-16H2,1-6H3,(H,28,31). The fourth-order valence-electron chi connectivity index (χ4n) is 4.30. The summed E-state index contributed by atoms with van der Waals surface area (Å²) in [6.45, 7) is 12.6. The molecule has 1 heterocycles. The van der Waals surface area contributed by atoms with Crippen LogP contribution in [0.15, 0.2) is 30.3 Å². The Morgan fingerprint density at radius 2 is 1.70 bits per heavy atom. The van der Waals surface area contributed by atoms with Crippen LogP contribution in [-0.2, 0) is 9.53 Å². The molecule has 1 aliphatic carbocycles. The van der Waals surface area contributed by atoms with E-state index in [2.05, 4.69) is 31.1 Å². The maximum atomic E-state index is 12.4. The molecule has 0 bridgehead atoms. The molecule has 3 rings (SSSR count). The third-order valence-corrected chi connectivity index (χ3v) is 6.13. The average Bonchev–Trinajstić information content (AvgIpc) is 2.71. The number of ether oxygens (including phenoxy) is 2. The lowest BCUT2D eigenvalue weighted by Gasteiger charge is -2.36. The van der Waals surface area contributed by atoms with Crippen molar-refractivity contribution in [2.24, 2.45) is 11.3 Å². The van der Waals surface area contributed by atoms with Gasteiger partial charge in [-0.05, 0) is 82.1 Å². The Kier molecular flexibility index (Phi) is 7.65. The van der Waals surface area contributed by atoms with Gasteiger partial charge in [-0.1, -0.05) is 26.8 Å².